The van der Waals surface area contributed by atoms with E-state index in [9.17, 15) is 14.8 Å². The fourth-order valence-corrected chi connectivity index (χ4v) is 3.78. The second kappa shape index (κ2) is 8.71. The summed E-state index contributed by atoms with van der Waals surface area (Å²) in [6.45, 7) is 1.95. The fourth-order valence-electron chi connectivity index (χ4n) is 2.82. The molecule has 2 unspecified atom stereocenters. The van der Waals surface area contributed by atoms with E-state index in [1.807, 2.05) is 17.5 Å². The number of halogens is 1. The van der Waals surface area contributed by atoms with Gasteiger partial charge in [-0.2, -0.15) is 0 Å². The SMILES string of the molecule is CC(OC(=O)COc1ccc(Cl)cc1)N1CCN(O)C(=O)C1c1cccs1. The molecule has 144 valence electrons. The van der Waals surface area contributed by atoms with E-state index in [4.69, 9.17) is 21.1 Å². The van der Waals surface area contributed by atoms with E-state index in [1.165, 1.54) is 11.3 Å². The second-order valence-electron chi connectivity index (χ2n) is 5.95. The molecule has 27 heavy (non-hydrogen) atoms. The van der Waals surface area contributed by atoms with Gasteiger partial charge < -0.3 is 9.47 Å². The maximum absolute atomic E-state index is 12.4. The highest BCUT2D eigenvalue weighted by Gasteiger charge is 2.39. The van der Waals surface area contributed by atoms with Crippen molar-refractivity contribution in [2.45, 2.75) is 19.2 Å². The van der Waals surface area contributed by atoms with Crippen molar-refractivity contribution in [1.29, 1.82) is 0 Å². The summed E-state index contributed by atoms with van der Waals surface area (Å²) in [7, 11) is 0. The Hall–Kier alpha value is -2.13. The van der Waals surface area contributed by atoms with E-state index < -0.39 is 24.1 Å². The number of hydrogen-bond acceptors (Lipinski definition) is 7. The summed E-state index contributed by atoms with van der Waals surface area (Å²) in [5.74, 6) is -0.491. The molecule has 7 nitrogen and oxygen atoms in total. The number of hydroxylamine groups is 2. The third kappa shape index (κ3) is 4.78. The Bertz CT molecular complexity index is 784. The van der Waals surface area contributed by atoms with Crippen LogP contribution >= 0.6 is 22.9 Å². The van der Waals surface area contributed by atoms with Gasteiger partial charge in [-0.05, 0) is 42.6 Å². The number of benzene rings is 1. The van der Waals surface area contributed by atoms with Crippen LogP contribution in [-0.4, -0.2) is 53.0 Å². The van der Waals surface area contributed by atoms with Crippen molar-refractivity contribution in [2.24, 2.45) is 0 Å². The number of piperazine rings is 1. The predicted molar refractivity (Wildman–Crippen MR) is 99.8 cm³/mol. The van der Waals surface area contributed by atoms with Gasteiger partial charge in [0.25, 0.3) is 5.91 Å². The summed E-state index contributed by atoms with van der Waals surface area (Å²) in [5, 5.41) is 12.9. The Morgan fingerprint density at radius 3 is 2.74 bits per heavy atom. The van der Waals surface area contributed by atoms with Gasteiger partial charge in [-0.15, -0.1) is 11.3 Å². The quantitative estimate of drug-likeness (QED) is 0.582. The number of amides is 1. The van der Waals surface area contributed by atoms with Crippen LogP contribution in [0.3, 0.4) is 0 Å². The summed E-state index contributed by atoms with van der Waals surface area (Å²) in [4.78, 5) is 27.1. The zero-order valence-corrected chi connectivity index (χ0v) is 16.2. The van der Waals surface area contributed by atoms with Crippen molar-refractivity contribution in [3.63, 3.8) is 0 Å². The van der Waals surface area contributed by atoms with Crippen molar-refractivity contribution in [1.82, 2.24) is 9.96 Å². The van der Waals surface area contributed by atoms with Crippen LogP contribution < -0.4 is 4.74 Å². The zero-order chi connectivity index (χ0) is 19.4. The molecule has 0 saturated carbocycles. The van der Waals surface area contributed by atoms with Gasteiger partial charge in [-0.25, -0.2) is 9.86 Å². The minimum atomic E-state index is -0.691. The molecule has 1 N–H and O–H groups in total. The van der Waals surface area contributed by atoms with Crippen LogP contribution in [0, 0.1) is 0 Å². The van der Waals surface area contributed by atoms with Gasteiger partial charge in [-0.1, -0.05) is 17.7 Å². The number of carbonyl (C=O) groups is 2. The molecule has 1 saturated heterocycles. The van der Waals surface area contributed by atoms with Crippen molar-refractivity contribution in [3.8, 4) is 5.75 Å². The van der Waals surface area contributed by atoms with Gasteiger partial charge in [0.15, 0.2) is 12.8 Å². The molecule has 0 aliphatic carbocycles. The van der Waals surface area contributed by atoms with E-state index in [1.54, 1.807) is 36.1 Å². The largest absolute Gasteiger partial charge is 0.482 e. The third-order valence-electron chi connectivity index (χ3n) is 4.14. The Morgan fingerprint density at radius 1 is 1.33 bits per heavy atom. The van der Waals surface area contributed by atoms with E-state index in [0.29, 0.717) is 22.4 Å². The molecule has 1 aromatic carbocycles. The zero-order valence-electron chi connectivity index (χ0n) is 14.6. The molecule has 2 aromatic rings. The van der Waals surface area contributed by atoms with Gasteiger partial charge in [-0.3, -0.25) is 14.9 Å². The van der Waals surface area contributed by atoms with Crippen LogP contribution in [-0.2, 0) is 14.3 Å². The summed E-state index contributed by atoms with van der Waals surface area (Å²) in [5.41, 5.74) is 0. The van der Waals surface area contributed by atoms with E-state index in [2.05, 4.69) is 0 Å². The van der Waals surface area contributed by atoms with E-state index in [-0.39, 0.29) is 13.2 Å². The molecule has 0 spiro atoms. The lowest BCUT2D eigenvalue weighted by Crippen LogP contribution is -2.54. The lowest BCUT2D eigenvalue weighted by Gasteiger charge is -2.40. The smallest absolute Gasteiger partial charge is 0.345 e. The standard InChI is InChI=1S/C18H19ClN2O5S/c1-12(26-16(22)11-25-14-6-4-13(19)5-7-14)20-8-9-21(24)18(23)17(20)15-3-2-10-27-15/h2-7,10,12,17,24H,8-9,11H2,1H3. The molecule has 1 fully saturated rings. The highest BCUT2D eigenvalue weighted by atomic mass is 35.5. The van der Waals surface area contributed by atoms with Gasteiger partial charge in [0.2, 0.25) is 0 Å². The molecule has 2 atom stereocenters. The van der Waals surface area contributed by atoms with Crippen molar-refractivity contribution in [2.75, 3.05) is 19.7 Å². The molecule has 3 rings (SSSR count). The Kier molecular flexibility index (Phi) is 6.33. The Balaban J connectivity index is 1.61. The summed E-state index contributed by atoms with van der Waals surface area (Å²) < 4.78 is 10.8. The maximum Gasteiger partial charge on any atom is 0.345 e. The first-order valence-corrected chi connectivity index (χ1v) is 9.58. The number of thiophene rings is 1. The first-order valence-electron chi connectivity index (χ1n) is 8.33. The minimum Gasteiger partial charge on any atom is -0.482 e. The fraction of sp³-hybridized carbons (Fsp3) is 0.333. The van der Waals surface area contributed by atoms with Gasteiger partial charge in [0.1, 0.15) is 11.8 Å². The first-order chi connectivity index (χ1) is 13.0. The molecular formula is C18H19ClN2O5S. The molecule has 0 bridgehead atoms. The highest BCUT2D eigenvalue weighted by Crippen LogP contribution is 2.31. The van der Waals surface area contributed by atoms with Crippen LogP contribution in [0.5, 0.6) is 5.75 Å². The Morgan fingerprint density at radius 2 is 2.07 bits per heavy atom. The number of rotatable bonds is 6. The molecule has 1 amide bonds. The summed E-state index contributed by atoms with van der Waals surface area (Å²) in [6, 6.07) is 9.60. The third-order valence-corrected chi connectivity index (χ3v) is 5.32. The molecule has 1 aliphatic heterocycles. The average molecular weight is 411 g/mol. The second-order valence-corrected chi connectivity index (χ2v) is 7.36. The van der Waals surface area contributed by atoms with Crippen LogP contribution in [0.2, 0.25) is 5.02 Å². The first kappa shape index (κ1) is 19.6. The number of ether oxygens (including phenoxy) is 2. The van der Waals surface area contributed by atoms with Crippen LogP contribution in [0.4, 0.5) is 0 Å². The topological polar surface area (TPSA) is 79.3 Å². The average Bonchev–Trinajstić information content (AvgIpc) is 3.17. The Labute approximate surface area is 165 Å². The number of nitrogens with zero attached hydrogens (tertiary/aromatic N) is 2. The molecule has 1 aromatic heterocycles. The molecule has 0 radical (unpaired) electrons. The lowest BCUT2D eigenvalue weighted by atomic mass is 10.1. The van der Waals surface area contributed by atoms with Gasteiger partial charge in [0.05, 0.1) is 6.54 Å². The van der Waals surface area contributed by atoms with Crippen molar-refractivity contribution >= 4 is 34.8 Å². The lowest BCUT2D eigenvalue weighted by molar-refractivity contribution is -0.195. The highest BCUT2D eigenvalue weighted by molar-refractivity contribution is 7.10. The monoisotopic (exact) mass is 410 g/mol. The number of carbonyl (C=O) groups excluding carboxylic acids is 2. The van der Waals surface area contributed by atoms with Gasteiger partial charge >= 0.3 is 5.97 Å². The van der Waals surface area contributed by atoms with Crippen LogP contribution in [0.25, 0.3) is 0 Å². The minimum absolute atomic E-state index is 0.143. The molecule has 2 heterocycles. The van der Waals surface area contributed by atoms with Crippen molar-refractivity contribution < 1.29 is 24.3 Å². The maximum atomic E-state index is 12.4. The summed E-state index contributed by atoms with van der Waals surface area (Å²) in [6.07, 6.45) is -0.656. The summed E-state index contributed by atoms with van der Waals surface area (Å²) >= 11 is 7.21. The number of esters is 1. The predicted octanol–water partition coefficient (Wildman–Crippen LogP) is 2.94. The van der Waals surface area contributed by atoms with Crippen LogP contribution in [0.1, 0.15) is 17.8 Å². The van der Waals surface area contributed by atoms with Gasteiger partial charge in [0, 0.05) is 16.4 Å². The number of hydrogen-bond donors (Lipinski definition) is 1. The van der Waals surface area contributed by atoms with Crippen LogP contribution in [0.15, 0.2) is 41.8 Å². The normalized spacial score (nSPS) is 19.0. The van der Waals surface area contributed by atoms with E-state index >= 15 is 0 Å². The van der Waals surface area contributed by atoms with E-state index in [0.717, 1.165) is 4.88 Å². The molecule has 9 heteroatoms. The molecule has 1 aliphatic rings. The van der Waals surface area contributed by atoms with Crippen molar-refractivity contribution in [3.05, 3.63) is 51.7 Å². The molecular weight excluding hydrogens is 392 g/mol.